The maximum Gasteiger partial charge on any atom is 0.454 e. The van der Waals surface area contributed by atoms with Crippen LogP contribution in [0.2, 0.25) is 0 Å². The molecular weight excluding hydrogens is 330 g/mol. The van der Waals surface area contributed by atoms with Gasteiger partial charge >= 0.3 is 11.9 Å². The number of benzene rings is 2. The first-order valence-electron chi connectivity index (χ1n) is 8.74. The molecule has 0 spiro atoms. The van der Waals surface area contributed by atoms with Crippen molar-refractivity contribution in [3.8, 4) is 11.4 Å². The van der Waals surface area contributed by atoms with Crippen molar-refractivity contribution in [3.63, 3.8) is 0 Å². The SMILES string of the molecule is CCOC(=O)n1c(Cc2ccccc2)nc2[n+]1-c1ccccc1OCC2. The van der Waals surface area contributed by atoms with E-state index < -0.39 is 6.09 Å². The van der Waals surface area contributed by atoms with Crippen LogP contribution in [0.1, 0.15) is 24.1 Å². The number of carbonyl (C=O) groups is 1. The van der Waals surface area contributed by atoms with Crippen LogP contribution in [0.25, 0.3) is 5.69 Å². The lowest BCUT2D eigenvalue weighted by Crippen LogP contribution is -2.47. The van der Waals surface area contributed by atoms with Gasteiger partial charge in [-0.25, -0.2) is 4.79 Å². The minimum Gasteiger partial charge on any atom is -0.488 e. The third-order valence-electron chi connectivity index (χ3n) is 4.27. The Kier molecular flexibility index (Phi) is 4.39. The predicted molar refractivity (Wildman–Crippen MR) is 94.6 cm³/mol. The molecule has 6 heteroatoms. The fraction of sp³-hybridized carbons (Fsp3) is 0.250. The van der Waals surface area contributed by atoms with E-state index in [1.807, 2.05) is 59.3 Å². The van der Waals surface area contributed by atoms with Crippen LogP contribution >= 0.6 is 0 Å². The van der Waals surface area contributed by atoms with Crippen molar-refractivity contribution >= 4 is 6.09 Å². The van der Waals surface area contributed by atoms with Crippen LogP contribution in [0.4, 0.5) is 4.79 Å². The van der Waals surface area contributed by atoms with E-state index in [0.29, 0.717) is 31.9 Å². The van der Waals surface area contributed by atoms with Crippen LogP contribution in [-0.2, 0) is 17.6 Å². The molecule has 2 heterocycles. The summed E-state index contributed by atoms with van der Waals surface area (Å²) in [6.07, 6.45) is 0.722. The van der Waals surface area contributed by atoms with Gasteiger partial charge in [0, 0.05) is 0 Å². The summed E-state index contributed by atoms with van der Waals surface area (Å²) in [7, 11) is 0. The van der Waals surface area contributed by atoms with Crippen molar-refractivity contribution in [2.24, 2.45) is 0 Å². The number of ether oxygens (including phenoxy) is 2. The lowest BCUT2D eigenvalue weighted by atomic mass is 10.1. The molecule has 0 atom stereocenters. The Morgan fingerprint density at radius 3 is 2.77 bits per heavy atom. The molecule has 26 heavy (non-hydrogen) atoms. The zero-order chi connectivity index (χ0) is 17.9. The van der Waals surface area contributed by atoms with E-state index in [1.54, 1.807) is 6.92 Å². The average molecular weight is 350 g/mol. The number of aromatic nitrogens is 3. The molecule has 1 aliphatic rings. The summed E-state index contributed by atoms with van der Waals surface area (Å²) < 4.78 is 14.5. The zero-order valence-corrected chi connectivity index (χ0v) is 14.6. The van der Waals surface area contributed by atoms with E-state index in [0.717, 1.165) is 22.8 Å². The van der Waals surface area contributed by atoms with E-state index in [-0.39, 0.29) is 0 Å². The topological polar surface area (TPSA) is 57.2 Å². The first-order chi connectivity index (χ1) is 12.8. The summed E-state index contributed by atoms with van der Waals surface area (Å²) in [5.74, 6) is 2.17. The maximum absolute atomic E-state index is 12.7. The Bertz CT molecular complexity index is 935. The molecule has 0 aliphatic carbocycles. The van der Waals surface area contributed by atoms with Crippen molar-refractivity contribution in [1.29, 1.82) is 0 Å². The lowest BCUT2D eigenvalue weighted by molar-refractivity contribution is -0.681. The van der Waals surface area contributed by atoms with Crippen molar-refractivity contribution in [3.05, 3.63) is 71.8 Å². The van der Waals surface area contributed by atoms with Crippen LogP contribution in [0.3, 0.4) is 0 Å². The molecule has 4 rings (SSSR count). The second-order valence-electron chi connectivity index (χ2n) is 6.00. The summed E-state index contributed by atoms with van der Waals surface area (Å²) in [6.45, 7) is 2.61. The molecule has 2 aromatic carbocycles. The minimum absolute atomic E-state index is 0.301. The molecule has 0 radical (unpaired) electrons. The monoisotopic (exact) mass is 350 g/mol. The third kappa shape index (κ3) is 2.94. The van der Waals surface area contributed by atoms with Crippen LogP contribution in [0.5, 0.6) is 5.75 Å². The van der Waals surface area contributed by atoms with E-state index in [1.165, 1.54) is 4.68 Å². The number of nitrogens with zero attached hydrogens (tertiary/aromatic N) is 3. The Labute approximate surface area is 151 Å². The lowest BCUT2D eigenvalue weighted by Gasteiger charge is -2.08. The fourth-order valence-electron chi connectivity index (χ4n) is 3.15. The van der Waals surface area contributed by atoms with Gasteiger partial charge in [-0.3, -0.25) is 0 Å². The second-order valence-corrected chi connectivity index (χ2v) is 6.00. The van der Waals surface area contributed by atoms with Crippen LogP contribution < -0.4 is 9.42 Å². The van der Waals surface area contributed by atoms with Crippen LogP contribution in [-0.4, -0.2) is 29.0 Å². The minimum atomic E-state index is -0.436. The normalized spacial score (nSPS) is 12.5. The van der Waals surface area contributed by atoms with Gasteiger partial charge in [-0.1, -0.05) is 47.1 Å². The van der Waals surface area contributed by atoms with Crippen LogP contribution in [0.15, 0.2) is 54.6 Å². The molecule has 0 amide bonds. The number of hydrogen-bond donors (Lipinski definition) is 0. The molecule has 1 aliphatic heterocycles. The van der Waals surface area contributed by atoms with E-state index in [4.69, 9.17) is 14.5 Å². The van der Waals surface area contributed by atoms with Gasteiger partial charge in [-0.15, -0.1) is 4.68 Å². The molecule has 0 fully saturated rings. The largest absolute Gasteiger partial charge is 0.488 e. The molecule has 0 unspecified atom stereocenters. The molecule has 0 saturated carbocycles. The number of hydrogen-bond acceptors (Lipinski definition) is 4. The maximum atomic E-state index is 12.7. The quantitative estimate of drug-likeness (QED) is 0.682. The molecule has 0 N–H and O–H groups in total. The average Bonchev–Trinajstić information content (AvgIpc) is 2.91. The Morgan fingerprint density at radius 2 is 1.96 bits per heavy atom. The second kappa shape index (κ2) is 7.00. The van der Waals surface area contributed by atoms with Crippen molar-refractivity contribution < 1.29 is 19.0 Å². The predicted octanol–water partition coefficient (Wildman–Crippen LogP) is 2.69. The first-order valence-corrected chi connectivity index (χ1v) is 8.74. The van der Waals surface area contributed by atoms with Gasteiger partial charge in [-0.05, 0) is 29.6 Å². The molecule has 3 aromatic rings. The summed E-state index contributed by atoms with van der Waals surface area (Å²) in [5.41, 5.74) is 1.88. The number of carbonyl (C=O) groups excluding carboxylic acids is 1. The highest BCUT2D eigenvalue weighted by Crippen LogP contribution is 2.22. The Morgan fingerprint density at radius 1 is 1.19 bits per heavy atom. The molecule has 132 valence electrons. The highest BCUT2D eigenvalue weighted by molar-refractivity contribution is 5.69. The van der Waals surface area contributed by atoms with Crippen LogP contribution in [0, 0.1) is 0 Å². The van der Waals surface area contributed by atoms with Gasteiger partial charge in [0.2, 0.25) is 0 Å². The smallest absolute Gasteiger partial charge is 0.454 e. The summed E-state index contributed by atoms with van der Waals surface area (Å²) in [4.78, 5) is 17.5. The highest BCUT2D eigenvalue weighted by atomic mass is 16.6. The third-order valence-corrected chi connectivity index (χ3v) is 4.27. The molecule has 6 nitrogen and oxygen atoms in total. The van der Waals surface area contributed by atoms with Crippen molar-refractivity contribution in [2.45, 2.75) is 19.8 Å². The first kappa shape index (κ1) is 16.3. The molecule has 1 aromatic heterocycles. The summed E-state index contributed by atoms with van der Waals surface area (Å²) in [6, 6.07) is 17.6. The highest BCUT2D eigenvalue weighted by Gasteiger charge is 2.35. The van der Waals surface area contributed by atoms with Gasteiger partial charge in [0.05, 0.1) is 19.4 Å². The number of rotatable bonds is 3. The van der Waals surface area contributed by atoms with Crippen molar-refractivity contribution in [2.75, 3.05) is 13.2 Å². The van der Waals surface area contributed by atoms with E-state index in [2.05, 4.69) is 0 Å². The standard InChI is InChI=1S/C20H20N3O3/c1-2-25-20(24)23-19(14-15-8-4-3-5-9-15)21-18-12-13-26-17-11-7-6-10-16(17)22(18)23/h3-11H,2,12-14H2,1H3/q+1. The molecule has 0 bridgehead atoms. The van der Waals surface area contributed by atoms with E-state index >= 15 is 0 Å². The molecular formula is C20H20N3O3+. The Hall–Kier alpha value is -3.15. The van der Waals surface area contributed by atoms with E-state index in [9.17, 15) is 4.79 Å². The van der Waals surface area contributed by atoms with Gasteiger partial charge < -0.3 is 9.47 Å². The summed E-state index contributed by atoms with van der Waals surface area (Å²) >= 11 is 0. The van der Waals surface area contributed by atoms with Gasteiger partial charge in [0.25, 0.3) is 5.82 Å². The van der Waals surface area contributed by atoms with Gasteiger partial charge in [0.1, 0.15) is 6.61 Å². The molecule has 0 saturated heterocycles. The number of para-hydroxylation sites is 2. The number of fused-ring (bicyclic) bond motifs is 3. The Balaban J connectivity index is 1.88. The zero-order valence-electron chi connectivity index (χ0n) is 14.6. The van der Waals surface area contributed by atoms with Crippen molar-refractivity contribution in [1.82, 2.24) is 9.67 Å². The van der Waals surface area contributed by atoms with Gasteiger partial charge in [-0.2, -0.15) is 0 Å². The van der Waals surface area contributed by atoms with Gasteiger partial charge in [0.15, 0.2) is 11.4 Å². The summed E-state index contributed by atoms with van der Waals surface area (Å²) in [5, 5.41) is 0. The fourth-order valence-corrected chi connectivity index (χ4v) is 3.15.